The van der Waals surface area contributed by atoms with E-state index in [9.17, 15) is 9.59 Å². The van der Waals surface area contributed by atoms with Gasteiger partial charge in [-0.3, -0.25) is 14.2 Å². The molecule has 0 spiro atoms. The van der Waals surface area contributed by atoms with Gasteiger partial charge in [0.1, 0.15) is 12.4 Å². The largest absolute Gasteiger partial charge is 0.486 e. The van der Waals surface area contributed by atoms with Crippen molar-refractivity contribution in [2.24, 2.45) is 0 Å². The lowest BCUT2D eigenvalue weighted by Gasteiger charge is -2.11. The monoisotopic (exact) mass is 508 g/mol. The summed E-state index contributed by atoms with van der Waals surface area (Å²) in [6.07, 6.45) is 0. The number of rotatable bonds is 10. The molecular formula is C26H25ClN4O3S. The molecule has 2 aromatic carbocycles. The summed E-state index contributed by atoms with van der Waals surface area (Å²) < 4.78 is 7.85. The molecule has 4 rings (SSSR count). The van der Waals surface area contributed by atoms with E-state index >= 15 is 0 Å². The number of ketones is 2. The Labute approximate surface area is 212 Å². The lowest BCUT2D eigenvalue weighted by atomic mass is 10.1. The maximum absolute atomic E-state index is 13.0. The predicted molar refractivity (Wildman–Crippen MR) is 137 cm³/mol. The van der Waals surface area contributed by atoms with E-state index in [0.29, 0.717) is 50.8 Å². The zero-order valence-corrected chi connectivity index (χ0v) is 21.2. The van der Waals surface area contributed by atoms with Crippen molar-refractivity contribution in [3.8, 4) is 5.75 Å². The summed E-state index contributed by atoms with van der Waals surface area (Å²) >= 11 is 7.26. The van der Waals surface area contributed by atoms with Gasteiger partial charge in [-0.2, -0.15) is 0 Å². The highest BCUT2D eigenvalue weighted by Crippen LogP contribution is 2.24. The van der Waals surface area contributed by atoms with Crippen molar-refractivity contribution in [2.45, 2.75) is 39.1 Å². The average molecular weight is 509 g/mol. The quantitative estimate of drug-likeness (QED) is 0.219. The second-order valence-corrected chi connectivity index (χ2v) is 9.49. The molecule has 0 radical (unpaired) electrons. The normalized spacial score (nSPS) is 11.0. The number of aromatic nitrogens is 4. The molecule has 0 unspecified atom stereocenters. The minimum absolute atomic E-state index is 0.0594. The van der Waals surface area contributed by atoms with E-state index in [0.717, 1.165) is 5.56 Å². The van der Waals surface area contributed by atoms with Crippen LogP contribution in [0, 0.1) is 13.8 Å². The first-order valence-corrected chi connectivity index (χ1v) is 12.4. The Balaban J connectivity index is 1.53. The third kappa shape index (κ3) is 5.83. The standard InChI is InChI=1S/C26H25ClN4O3S/c1-16-24(18(3)32)17(2)28-25(16)22(33)15-35-26-30-29-23(14-34-21-11-9-20(27)10-12-21)31(26)13-19-7-5-4-6-8-19/h4-12,28H,13-15H2,1-3H3. The molecule has 35 heavy (non-hydrogen) atoms. The van der Waals surface area contributed by atoms with Crippen LogP contribution >= 0.6 is 23.4 Å². The number of ether oxygens (including phenoxy) is 1. The molecule has 0 saturated carbocycles. The van der Waals surface area contributed by atoms with Crippen LogP contribution in [0.15, 0.2) is 59.8 Å². The summed E-state index contributed by atoms with van der Waals surface area (Å²) in [7, 11) is 0. The number of H-pyrrole nitrogens is 1. The van der Waals surface area contributed by atoms with Crippen molar-refractivity contribution >= 4 is 34.9 Å². The van der Waals surface area contributed by atoms with Crippen LogP contribution < -0.4 is 4.74 Å². The third-order valence-electron chi connectivity index (χ3n) is 5.56. The molecule has 0 bridgehead atoms. The van der Waals surface area contributed by atoms with Gasteiger partial charge in [-0.1, -0.05) is 53.7 Å². The van der Waals surface area contributed by atoms with Gasteiger partial charge < -0.3 is 9.72 Å². The Kier molecular flexibility index (Phi) is 7.73. The Hall–Kier alpha value is -3.36. The molecule has 7 nitrogen and oxygen atoms in total. The first-order chi connectivity index (χ1) is 16.8. The Morgan fingerprint density at radius 1 is 1.06 bits per heavy atom. The fourth-order valence-electron chi connectivity index (χ4n) is 3.90. The van der Waals surface area contributed by atoms with Crippen LogP contribution in [0.3, 0.4) is 0 Å². The number of aromatic amines is 1. The highest BCUT2D eigenvalue weighted by atomic mass is 35.5. The van der Waals surface area contributed by atoms with Gasteiger partial charge in [-0.05, 0) is 56.2 Å². The maximum atomic E-state index is 13.0. The van der Waals surface area contributed by atoms with Crippen molar-refractivity contribution in [3.63, 3.8) is 0 Å². The summed E-state index contributed by atoms with van der Waals surface area (Å²) in [6, 6.07) is 17.1. The number of halogens is 1. The lowest BCUT2D eigenvalue weighted by molar-refractivity contribution is 0.101. The summed E-state index contributed by atoms with van der Waals surface area (Å²) in [4.78, 5) is 28.0. The summed E-state index contributed by atoms with van der Waals surface area (Å²) in [5.74, 6) is 1.31. The summed E-state index contributed by atoms with van der Waals surface area (Å²) in [5.41, 5.74) is 3.50. The Bertz CT molecular complexity index is 1350. The van der Waals surface area contributed by atoms with Crippen molar-refractivity contribution in [2.75, 3.05) is 5.75 Å². The van der Waals surface area contributed by atoms with E-state index < -0.39 is 0 Å². The van der Waals surface area contributed by atoms with Gasteiger partial charge in [0.15, 0.2) is 22.5 Å². The van der Waals surface area contributed by atoms with Gasteiger partial charge in [0.2, 0.25) is 0 Å². The fourth-order valence-corrected chi connectivity index (χ4v) is 4.85. The van der Waals surface area contributed by atoms with Crippen LogP contribution in [-0.2, 0) is 13.2 Å². The lowest BCUT2D eigenvalue weighted by Crippen LogP contribution is -2.11. The van der Waals surface area contributed by atoms with Crippen molar-refractivity contribution in [3.05, 3.63) is 93.5 Å². The highest BCUT2D eigenvalue weighted by molar-refractivity contribution is 7.99. The first kappa shape index (κ1) is 24.8. The Morgan fingerprint density at radius 3 is 2.43 bits per heavy atom. The van der Waals surface area contributed by atoms with Gasteiger partial charge in [-0.15, -0.1) is 10.2 Å². The van der Waals surface area contributed by atoms with Crippen LogP contribution in [0.1, 0.15) is 50.4 Å². The SMILES string of the molecule is CC(=O)c1c(C)[nH]c(C(=O)CSc2nnc(COc3ccc(Cl)cc3)n2Cc2ccccc2)c1C. The molecular weight excluding hydrogens is 484 g/mol. The number of carbonyl (C=O) groups is 2. The minimum Gasteiger partial charge on any atom is -0.486 e. The van der Waals surface area contributed by atoms with E-state index in [4.69, 9.17) is 16.3 Å². The van der Waals surface area contributed by atoms with Crippen molar-refractivity contribution in [1.82, 2.24) is 19.7 Å². The number of hydrogen-bond donors (Lipinski definition) is 1. The van der Waals surface area contributed by atoms with Gasteiger partial charge in [0.25, 0.3) is 0 Å². The molecule has 9 heteroatoms. The van der Waals surface area contributed by atoms with E-state index in [1.165, 1.54) is 18.7 Å². The molecule has 2 heterocycles. The first-order valence-electron chi connectivity index (χ1n) is 11.0. The van der Waals surface area contributed by atoms with Crippen LogP contribution in [0.4, 0.5) is 0 Å². The van der Waals surface area contributed by atoms with Gasteiger partial charge in [-0.25, -0.2) is 0 Å². The maximum Gasteiger partial charge on any atom is 0.192 e. The number of hydrogen-bond acceptors (Lipinski definition) is 6. The summed E-state index contributed by atoms with van der Waals surface area (Å²) in [5, 5.41) is 9.92. The van der Waals surface area contributed by atoms with Gasteiger partial charge in [0.05, 0.1) is 18.0 Å². The van der Waals surface area contributed by atoms with Crippen LogP contribution in [0.5, 0.6) is 5.75 Å². The van der Waals surface area contributed by atoms with Crippen LogP contribution in [0.25, 0.3) is 0 Å². The van der Waals surface area contributed by atoms with Gasteiger partial charge in [0, 0.05) is 16.3 Å². The van der Waals surface area contributed by atoms with Crippen molar-refractivity contribution in [1.29, 1.82) is 0 Å². The van der Waals surface area contributed by atoms with E-state index in [-0.39, 0.29) is 23.9 Å². The van der Waals surface area contributed by atoms with E-state index in [1.807, 2.05) is 34.9 Å². The molecule has 4 aromatic rings. The number of nitrogens with one attached hydrogen (secondary N) is 1. The zero-order valence-electron chi connectivity index (χ0n) is 19.7. The van der Waals surface area contributed by atoms with E-state index in [2.05, 4.69) is 15.2 Å². The van der Waals surface area contributed by atoms with Gasteiger partial charge >= 0.3 is 0 Å². The molecule has 0 saturated heterocycles. The van der Waals surface area contributed by atoms with Crippen molar-refractivity contribution < 1.29 is 14.3 Å². The zero-order chi connectivity index (χ0) is 24.9. The fraction of sp³-hybridized carbons (Fsp3) is 0.231. The minimum atomic E-state index is -0.101. The number of benzene rings is 2. The third-order valence-corrected chi connectivity index (χ3v) is 6.78. The number of aryl methyl sites for hydroxylation is 1. The molecule has 0 aliphatic carbocycles. The molecule has 0 atom stereocenters. The highest BCUT2D eigenvalue weighted by Gasteiger charge is 2.21. The molecule has 0 fully saturated rings. The van der Waals surface area contributed by atoms with Crippen LogP contribution in [-0.4, -0.2) is 37.1 Å². The number of thioether (sulfide) groups is 1. The number of nitrogens with zero attached hydrogens (tertiary/aromatic N) is 3. The van der Waals surface area contributed by atoms with Crippen LogP contribution in [0.2, 0.25) is 5.02 Å². The molecule has 1 N–H and O–H groups in total. The average Bonchev–Trinajstić information content (AvgIpc) is 3.36. The number of carbonyl (C=O) groups excluding carboxylic acids is 2. The second-order valence-electron chi connectivity index (χ2n) is 8.11. The molecule has 0 amide bonds. The smallest absolute Gasteiger partial charge is 0.192 e. The summed E-state index contributed by atoms with van der Waals surface area (Å²) in [6.45, 7) is 5.86. The number of Topliss-reactive ketones (excluding diaryl/α,β-unsaturated/α-hetero) is 2. The molecule has 0 aliphatic rings. The molecule has 2 aromatic heterocycles. The topological polar surface area (TPSA) is 89.9 Å². The molecule has 0 aliphatic heterocycles. The predicted octanol–water partition coefficient (Wildman–Crippen LogP) is 5.68. The molecule has 180 valence electrons. The Morgan fingerprint density at radius 2 is 1.77 bits per heavy atom. The second kappa shape index (κ2) is 10.9. The van der Waals surface area contributed by atoms with E-state index in [1.54, 1.807) is 38.1 Å².